The van der Waals surface area contributed by atoms with Gasteiger partial charge in [0.15, 0.2) is 0 Å². The van der Waals surface area contributed by atoms with Crippen LogP contribution >= 0.6 is 0 Å². The Bertz CT molecular complexity index is 345. The van der Waals surface area contributed by atoms with Crippen LogP contribution in [-0.2, 0) is 6.42 Å². The highest BCUT2D eigenvalue weighted by molar-refractivity contribution is 5.41. The molecule has 1 aromatic rings. The summed E-state index contributed by atoms with van der Waals surface area (Å²) >= 11 is 0. The number of piperidine rings is 1. The topological polar surface area (TPSA) is 42.1 Å². The molecule has 0 bridgehead atoms. The second-order valence-electron chi connectivity index (χ2n) is 5.24. The summed E-state index contributed by atoms with van der Waals surface area (Å²) in [6.07, 6.45) is 6.79. The monoisotopic (exact) mass is 233 g/mol. The van der Waals surface area contributed by atoms with Crippen LogP contribution in [0.2, 0.25) is 0 Å². The second kappa shape index (κ2) is 5.50. The molecule has 0 aromatic carbocycles. The van der Waals surface area contributed by atoms with E-state index in [2.05, 4.69) is 28.9 Å². The van der Waals surface area contributed by atoms with E-state index in [1.165, 1.54) is 24.8 Å². The maximum atomic E-state index is 5.79. The Morgan fingerprint density at radius 1 is 1.47 bits per heavy atom. The minimum atomic E-state index is 0.205. The number of aromatic nitrogens is 1. The smallest absolute Gasteiger partial charge is 0.128 e. The Morgan fingerprint density at radius 3 is 2.88 bits per heavy atom. The molecule has 3 nitrogen and oxygen atoms in total. The summed E-state index contributed by atoms with van der Waals surface area (Å²) in [4.78, 5) is 6.99. The quantitative estimate of drug-likeness (QED) is 0.871. The van der Waals surface area contributed by atoms with Gasteiger partial charge < -0.3 is 10.6 Å². The van der Waals surface area contributed by atoms with Gasteiger partial charge in [0.1, 0.15) is 5.82 Å². The van der Waals surface area contributed by atoms with Crippen molar-refractivity contribution in [1.82, 2.24) is 4.98 Å². The van der Waals surface area contributed by atoms with Crippen molar-refractivity contribution in [3.8, 4) is 0 Å². The van der Waals surface area contributed by atoms with Gasteiger partial charge in [-0.25, -0.2) is 4.98 Å². The van der Waals surface area contributed by atoms with Crippen molar-refractivity contribution in [2.24, 2.45) is 5.73 Å². The number of hydrogen-bond acceptors (Lipinski definition) is 3. The molecule has 0 saturated carbocycles. The van der Waals surface area contributed by atoms with E-state index in [1.54, 1.807) is 0 Å². The number of nitrogens with zero attached hydrogens (tertiary/aromatic N) is 2. The zero-order chi connectivity index (χ0) is 12.3. The molecular weight excluding hydrogens is 210 g/mol. The first-order valence-electron chi connectivity index (χ1n) is 6.64. The molecule has 0 radical (unpaired) electrons. The van der Waals surface area contributed by atoms with Gasteiger partial charge in [-0.05, 0) is 51.2 Å². The molecule has 1 saturated heterocycles. The second-order valence-corrected chi connectivity index (χ2v) is 5.24. The number of anilines is 1. The maximum Gasteiger partial charge on any atom is 0.128 e. The molecule has 0 amide bonds. The predicted octanol–water partition coefficient (Wildman–Crippen LogP) is 2.35. The normalized spacial score (nSPS) is 22.5. The fraction of sp³-hybridized carbons (Fsp3) is 0.643. The molecule has 2 atom stereocenters. The summed E-state index contributed by atoms with van der Waals surface area (Å²) in [6, 6.07) is 5.12. The fourth-order valence-corrected chi connectivity index (χ4v) is 2.52. The Morgan fingerprint density at radius 2 is 2.29 bits per heavy atom. The lowest BCUT2D eigenvalue weighted by Crippen LogP contribution is -2.37. The fourth-order valence-electron chi connectivity index (χ4n) is 2.52. The van der Waals surface area contributed by atoms with E-state index in [9.17, 15) is 0 Å². The molecule has 1 fully saturated rings. The molecule has 2 rings (SSSR count). The molecule has 1 aliphatic rings. The first-order valence-corrected chi connectivity index (χ1v) is 6.64. The Labute approximate surface area is 104 Å². The van der Waals surface area contributed by atoms with Crippen LogP contribution < -0.4 is 10.6 Å². The first kappa shape index (κ1) is 12.4. The third kappa shape index (κ3) is 3.19. The Balaban J connectivity index is 2.06. The van der Waals surface area contributed by atoms with Crippen LogP contribution in [0.3, 0.4) is 0 Å². The lowest BCUT2D eigenvalue weighted by atomic mass is 10.0. The average molecular weight is 233 g/mol. The zero-order valence-corrected chi connectivity index (χ0v) is 10.9. The van der Waals surface area contributed by atoms with E-state index in [-0.39, 0.29) is 6.04 Å². The van der Waals surface area contributed by atoms with Crippen LogP contribution in [0.25, 0.3) is 0 Å². The van der Waals surface area contributed by atoms with Crippen molar-refractivity contribution in [3.63, 3.8) is 0 Å². The standard InChI is InChI=1S/C14H23N3/c1-11(15)9-13-6-7-14(16-10-13)17-8-4-3-5-12(17)2/h6-7,10-12H,3-5,8-9,15H2,1-2H3. The molecule has 1 aromatic heterocycles. The first-order chi connectivity index (χ1) is 8.16. The molecule has 94 valence electrons. The lowest BCUT2D eigenvalue weighted by Gasteiger charge is -2.34. The summed E-state index contributed by atoms with van der Waals surface area (Å²) in [6.45, 7) is 5.46. The van der Waals surface area contributed by atoms with Crippen molar-refractivity contribution in [2.45, 2.75) is 51.6 Å². The molecular formula is C14H23N3. The Hall–Kier alpha value is -1.09. The van der Waals surface area contributed by atoms with E-state index in [0.717, 1.165) is 18.8 Å². The average Bonchev–Trinajstić information content (AvgIpc) is 2.30. The largest absolute Gasteiger partial charge is 0.354 e. The van der Waals surface area contributed by atoms with Crippen LogP contribution in [0, 0.1) is 0 Å². The highest BCUT2D eigenvalue weighted by Crippen LogP contribution is 2.22. The Kier molecular flexibility index (Phi) is 4.00. The maximum absolute atomic E-state index is 5.79. The predicted molar refractivity (Wildman–Crippen MR) is 72.2 cm³/mol. The summed E-state index contributed by atoms with van der Waals surface area (Å²) in [7, 11) is 0. The molecule has 2 unspecified atom stereocenters. The number of pyridine rings is 1. The lowest BCUT2D eigenvalue weighted by molar-refractivity contribution is 0.481. The van der Waals surface area contributed by atoms with Gasteiger partial charge in [-0.2, -0.15) is 0 Å². The van der Waals surface area contributed by atoms with Gasteiger partial charge in [-0.15, -0.1) is 0 Å². The van der Waals surface area contributed by atoms with Gasteiger partial charge in [-0.1, -0.05) is 6.07 Å². The summed E-state index contributed by atoms with van der Waals surface area (Å²) < 4.78 is 0. The highest BCUT2D eigenvalue weighted by atomic mass is 15.2. The van der Waals surface area contributed by atoms with E-state index < -0.39 is 0 Å². The van der Waals surface area contributed by atoms with Crippen molar-refractivity contribution in [1.29, 1.82) is 0 Å². The van der Waals surface area contributed by atoms with E-state index in [0.29, 0.717) is 6.04 Å². The minimum Gasteiger partial charge on any atom is -0.354 e. The van der Waals surface area contributed by atoms with Crippen molar-refractivity contribution < 1.29 is 0 Å². The molecule has 0 aliphatic carbocycles. The van der Waals surface area contributed by atoms with Gasteiger partial charge in [-0.3, -0.25) is 0 Å². The number of nitrogens with two attached hydrogens (primary N) is 1. The summed E-state index contributed by atoms with van der Waals surface area (Å²) in [5.74, 6) is 1.12. The van der Waals surface area contributed by atoms with Gasteiger partial charge in [0, 0.05) is 24.8 Å². The third-order valence-corrected chi connectivity index (χ3v) is 3.46. The van der Waals surface area contributed by atoms with E-state index >= 15 is 0 Å². The van der Waals surface area contributed by atoms with Crippen molar-refractivity contribution in [2.75, 3.05) is 11.4 Å². The molecule has 17 heavy (non-hydrogen) atoms. The van der Waals surface area contributed by atoms with E-state index in [4.69, 9.17) is 5.73 Å². The van der Waals surface area contributed by atoms with Crippen LogP contribution in [0.1, 0.15) is 38.7 Å². The summed E-state index contributed by atoms with van der Waals surface area (Å²) in [5, 5.41) is 0. The van der Waals surface area contributed by atoms with Crippen LogP contribution in [-0.4, -0.2) is 23.6 Å². The SMILES string of the molecule is CC(N)Cc1ccc(N2CCCCC2C)nc1. The van der Waals surface area contributed by atoms with Gasteiger partial charge >= 0.3 is 0 Å². The van der Waals surface area contributed by atoms with Gasteiger partial charge in [0.25, 0.3) is 0 Å². The molecule has 3 heteroatoms. The molecule has 2 heterocycles. The molecule has 1 aliphatic heterocycles. The summed E-state index contributed by atoms with van der Waals surface area (Å²) in [5.41, 5.74) is 7.02. The highest BCUT2D eigenvalue weighted by Gasteiger charge is 2.19. The van der Waals surface area contributed by atoms with Crippen LogP contribution in [0.4, 0.5) is 5.82 Å². The number of rotatable bonds is 3. The third-order valence-electron chi connectivity index (χ3n) is 3.46. The van der Waals surface area contributed by atoms with Crippen molar-refractivity contribution in [3.05, 3.63) is 23.9 Å². The van der Waals surface area contributed by atoms with Crippen molar-refractivity contribution >= 4 is 5.82 Å². The van der Waals surface area contributed by atoms with Gasteiger partial charge in [0.2, 0.25) is 0 Å². The minimum absolute atomic E-state index is 0.205. The molecule has 2 N–H and O–H groups in total. The zero-order valence-electron chi connectivity index (χ0n) is 10.9. The number of hydrogen-bond donors (Lipinski definition) is 1. The van der Waals surface area contributed by atoms with Crippen LogP contribution in [0.5, 0.6) is 0 Å². The van der Waals surface area contributed by atoms with Gasteiger partial charge in [0.05, 0.1) is 0 Å². The molecule has 0 spiro atoms. The van der Waals surface area contributed by atoms with Crippen LogP contribution in [0.15, 0.2) is 18.3 Å². The van der Waals surface area contributed by atoms with E-state index in [1.807, 2.05) is 13.1 Å².